The van der Waals surface area contributed by atoms with Gasteiger partial charge in [0.1, 0.15) is 0 Å². The fourth-order valence-electron chi connectivity index (χ4n) is 3.04. The molecular weight excluding hydrogens is 427 g/mol. The SMILES string of the molecule is CCNC(=NCC1(CCOC)CCC1)NCCc1ccc(C)nc1.I. The average Bonchev–Trinajstić information content (AvgIpc) is 2.55. The molecule has 0 atom stereocenters. The van der Waals surface area contributed by atoms with Crippen LogP contribution in [0.1, 0.15) is 43.9 Å². The zero-order chi connectivity index (χ0) is 17.3. The van der Waals surface area contributed by atoms with Gasteiger partial charge in [-0.2, -0.15) is 0 Å². The predicted octanol–water partition coefficient (Wildman–Crippen LogP) is 3.31. The molecule has 25 heavy (non-hydrogen) atoms. The van der Waals surface area contributed by atoms with Gasteiger partial charge in [-0.15, -0.1) is 24.0 Å². The Balaban J connectivity index is 0.00000312. The van der Waals surface area contributed by atoms with Crippen LogP contribution < -0.4 is 10.6 Å². The number of aryl methyl sites for hydroxylation is 1. The standard InChI is InChI=1S/C19H32N4O.HI/c1-4-20-18(21-12-8-17-7-6-16(2)22-14-17)23-15-19(9-5-10-19)11-13-24-3;/h6-7,14H,4-5,8-13,15H2,1-3H3,(H2,20,21,23);1H. The van der Waals surface area contributed by atoms with Crippen molar-refractivity contribution in [1.29, 1.82) is 0 Å². The molecule has 0 aromatic carbocycles. The van der Waals surface area contributed by atoms with Gasteiger partial charge in [-0.3, -0.25) is 9.98 Å². The Morgan fingerprint density at radius 2 is 2.12 bits per heavy atom. The molecule has 1 saturated carbocycles. The number of pyridine rings is 1. The van der Waals surface area contributed by atoms with E-state index in [1.165, 1.54) is 24.8 Å². The summed E-state index contributed by atoms with van der Waals surface area (Å²) in [5.41, 5.74) is 2.67. The van der Waals surface area contributed by atoms with Crippen LogP contribution in [0, 0.1) is 12.3 Å². The number of nitrogens with one attached hydrogen (secondary N) is 2. The molecular formula is C19H33IN4O. The Labute approximate surface area is 169 Å². The zero-order valence-corrected chi connectivity index (χ0v) is 18.1. The first-order chi connectivity index (χ1) is 11.7. The second-order valence-corrected chi connectivity index (χ2v) is 6.78. The van der Waals surface area contributed by atoms with Gasteiger partial charge in [-0.05, 0) is 56.6 Å². The lowest BCUT2D eigenvalue weighted by atomic mass is 9.67. The fourth-order valence-corrected chi connectivity index (χ4v) is 3.04. The second-order valence-electron chi connectivity index (χ2n) is 6.78. The molecule has 0 saturated heterocycles. The number of ether oxygens (including phenoxy) is 1. The highest BCUT2D eigenvalue weighted by Gasteiger charge is 2.36. The molecule has 2 rings (SSSR count). The highest BCUT2D eigenvalue weighted by molar-refractivity contribution is 14.0. The summed E-state index contributed by atoms with van der Waals surface area (Å²) in [5.74, 6) is 0.918. The molecule has 0 unspecified atom stereocenters. The van der Waals surface area contributed by atoms with Crippen molar-refractivity contribution in [1.82, 2.24) is 15.6 Å². The van der Waals surface area contributed by atoms with Crippen molar-refractivity contribution >= 4 is 29.9 Å². The summed E-state index contributed by atoms with van der Waals surface area (Å²) in [6.45, 7) is 7.57. The first-order valence-electron chi connectivity index (χ1n) is 9.10. The maximum atomic E-state index is 5.26. The van der Waals surface area contributed by atoms with E-state index in [0.29, 0.717) is 5.41 Å². The van der Waals surface area contributed by atoms with Crippen molar-refractivity contribution in [3.8, 4) is 0 Å². The van der Waals surface area contributed by atoms with Crippen LogP contribution in [0.2, 0.25) is 0 Å². The van der Waals surface area contributed by atoms with Crippen molar-refractivity contribution in [3.63, 3.8) is 0 Å². The van der Waals surface area contributed by atoms with Gasteiger partial charge in [-0.25, -0.2) is 0 Å². The highest BCUT2D eigenvalue weighted by Crippen LogP contribution is 2.44. The van der Waals surface area contributed by atoms with E-state index in [1.54, 1.807) is 7.11 Å². The minimum absolute atomic E-state index is 0. The van der Waals surface area contributed by atoms with E-state index in [1.807, 2.05) is 13.1 Å². The molecule has 2 N–H and O–H groups in total. The molecule has 0 spiro atoms. The minimum atomic E-state index is 0. The van der Waals surface area contributed by atoms with Crippen molar-refractivity contribution in [2.75, 3.05) is 33.4 Å². The molecule has 1 aromatic rings. The lowest BCUT2D eigenvalue weighted by molar-refractivity contribution is 0.0778. The lowest BCUT2D eigenvalue weighted by Crippen LogP contribution is -2.41. The Morgan fingerprint density at radius 3 is 2.68 bits per heavy atom. The first kappa shape index (κ1) is 22.2. The number of nitrogens with zero attached hydrogens (tertiary/aromatic N) is 2. The van der Waals surface area contributed by atoms with Crippen molar-refractivity contribution in [2.24, 2.45) is 10.4 Å². The quantitative estimate of drug-likeness (QED) is 0.337. The molecule has 0 bridgehead atoms. The summed E-state index contributed by atoms with van der Waals surface area (Å²) in [4.78, 5) is 9.17. The number of hydrogen-bond acceptors (Lipinski definition) is 3. The summed E-state index contributed by atoms with van der Waals surface area (Å²) >= 11 is 0. The van der Waals surface area contributed by atoms with Gasteiger partial charge in [-0.1, -0.05) is 12.5 Å². The van der Waals surface area contributed by atoms with Crippen LogP contribution in [-0.2, 0) is 11.2 Å². The van der Waals surface area contributed by atoms with E-state index < -0.39 is 0 Å². The fraction of sp³-hybridized carbons (Fsp3) is 0.684. The largest absolute Gasteiger partial charge is 0.385 e. The van der Waals surface area contributed by atoms with Crippen LogP contribution in [0.3, 0.4) is 0 Å². The maximum absolute atomic E-state index is 5.26. The third-order valence-corrected chi connectivity index (χ3v) is 4.85. The van der Waals surface area contributed by atoms with Crippen LogP contribution in [0.4, 0.5) is 0 Å². The zero-order valence-electron chi connectivity index (χ0n) is 15.8. The van der Waals surface area contributed by atoms with Gasteiger partial charge in [0.15, 0.2) is 5.96 Å². The number of rotatable bonds is 9. The van der Waals surface area contributed by atoms with Crippen LogP contribution >= 0.6 is 24.0 Å². The molecule has 142 valence electrons. The number of aliphatic imine (C=N–C) groups is 1. The molecule has 0 amide bonds. The highest BCUT2D eigenvalue weighted by atomic mass is 127. The van der Waals surface area contributed by atoms with E-state index in [-0.39, 0.29) is 24.0 Å². The van der Waals surface area contributed by atoms with Crippen LogP contribution in [0.5, 0.6) is 0 Å². The van der Waals surface area contributed by atoms with E-state index in [0.717, 1.165) is 50.7 Å². The van der Waals surface area contributed by atoms with Gasteiger partial charge in [0, 0.05) is 45.2 Å². The van der Waals surface area contributed by atoms with Crippen LogP contribution in [0.15, 0.2) is 23.3 Å². The summed E-state index contributed by atoms with van der Waals surface area (Å²) in [6, 6.07) is 4.20. The van der Waals surface area contributed by atoms with Gasteiger partial charge >= 0.3 is 0 Å². The number of guanidine groups is 1. The van der Waals surface area contributed by atoms with Gasteiger partial charge in [0.2, 0.25) is 0 Å². The van der Waals surface area contributed by atoms with Crippen LogP contribution in [-0.4, -0.2) is 44.3 Å². The van der Waals surface area contributed by atoms with Crippen LogP contribution in [0.25, 0.3) is 0 Å². The number of halogens is 1. The topological polar surface area (TPSA) is 58.5 Å². The molecule has 1 aliphatic carbocycles. The first-order valence-corrected chi connectivity index (χ1v) is 9.10. The third kappa shape index (κ3) is 7.48. The molecule has 0 radical (unpaired) electrons. The molecule has 6 heteroatoms. The molecule has 1 aromatic heterocycles. The molecule has 1 heterocycles. The lowest BCUT2D eigenvalue weighted by Gasteiger charge is -2.40. The summed E-state index contributed by atoms with van der Waals surface area (Å²) < 4.78 is 5.26. The third-order valence-electron chi connectivity index (χ3n) is 4.85. The van der Waals surface area contributed by atoms with E-state index in [4.69, 9.17) is 9.73 Å². The summed E-state index contributed by atoms with van der Waals surface area (Å²) in [6.07, 6.45) is 7.88. The van der Waals surface area contributed by atoms with Crippen molar-refractivity contribution in [2.45, 2.75) is 46.0 Å². The summed E-state index contributed by atoms with van der Waals surface area (Å²) in [5, 5.41) is 6.79. The molecule has 5 nitrogen and oxygen atoms in total. The Bertz CT molecular complexity index is 515. The predicted molar refractivity (Wildman–Crippen MR) is 115 cm³/mol. The van der Waals surface area contributed by atoms with E-state index in [9.17, 15) is 0 Å². The number of methoxy groups -OCH3 is 1. The Hall–Kier alpha value is -0.890. The maximum Gasteiger partial charge on any atom is 0.191 e. The van der Waals surface area contributed by atoms with Crippen molar-refractivity contribution in [3.05, 3.63) is 29.6 Å². The number of aromatic nitrogens is 1. The monoisotopic (exact) mass is 460 g/mol. The minimum Gasteiger partial charge on any atom is -0.385 e. The Kier molecular flexibility index (Phi) is 10.3. The Morgan fingerprint density at radius 1 is 1.32 bits per heavy atom. The molecule has 1 aliphatic rings. The normalized spacial score (nSPS) is 15.9. The van der Waals surface area contributed by atoms with Gasteiger partial charge in [0.25, 0.3) is 0 Å². The van der Waals surface area contributed by atoms with E-state index >= 15 is 0 Å². The second kappa shape index (κ2) is 11.7. The summed E-state index contributed by atoms with van der Waals surface area (Å²) in [7, 11) is 1.78. The smallest absolute Gasteiger partial charge is 0.191 e. The molecule has 0 aliphatic heterocycles. The molecule has 1 fully saturated rings. The van der Waals surface area contributed by atoms with Gasteiger partial charge in [0.05, 0.1) is 0 Å². The number of hydrogen-bond donors (Lipinski definition) is 2. The van der Waals surface area contributed by atoms with Crippen molar-refractivity contribution < 1.29 is 4.74 Å². The van der Waals surface area contributed by atoms with E-state index in [2.05, 4.69) is 34.7 Å². The van der Waals surface area contributed by atoms with Gasteiger partial charge < -0.3 is 15.4 Å². The average molecular weight is 460 g/mol.